The van der Waals surface area contributed by atoms with Crippen LogP contribution in [0.1, 0.15) is 26.2 Å². The molecule has 0 aliphatic heterocycles. The molecule has 5 nitrogen and oxygen atoms in total. The molecular formula is C21H23N5. The van der Waals surface area contributed by atoms with Gasteiger partial charge in [0.1, 0.15) is 0 Å². The van der Waals surface area contributed by atoms with Crippen LogP contribution in [0.2, 0.25) is 0 Å². The largest absolute Gasteiger partial charge is 0.330 e. The maximum atomic E-state index is 8.17. The van der Waals surface area contributed by atoms with Crippen LogP contribution in [0.4, 0.5) is 0 Å². The first kappa shape index (κ1) is 17.9. The molecule has 5 heteroatoms. The van der Waals surface area contributed by atoms with Gasteiger partial charge < -0.3 is 5.73 Å². The lowest BCUT2D eigenvalue weighted by Gasteiger charge is -2.16. The minimum atomic E-state index is 0.188. The van der Waals surface area contributed by atoms with Gasteiger partial charge in [0.05, 0.1) is 21.4 Å². The molecule has 4 rings (SSSR count). The van der Waals surface area contributed by atoms with Crippen molar-refractivity contribution in [2.75, 3.05) is 6.54 Å². The number of nitrogens with two attached hydrogens (primary N) is 1. The lowest BCUT2D eigenvalue weighted by Crippen LogP contribution is -2.31. The summed E-state index contributed by atoms with van der Waals surface area (Å²) in [5.74, 6) is 0. The van der Waals surface area contributed by atoms with Crippen molar-refractivity contribution in [2.24, 2.45) is 5.73 Å². The van der Waals surface area contributed by atoms with Gasteiger partial charge in [0, 0.05) is 32.7 Å². The Hall–Kier alpha value is -2.92. The molecule has 26 heavy (non-hydrogen) atoms. The van der Waals surface area contributed by atoms with E-state index in [0.29, 0.717) is 21.5 Å². The maximum Gasteiger partial charge on any atom is 0.0874 e. The fourth-order valence-corrected chi connectivity index (χ4v) is 3.41. The van der Waals surface area contributed by atoms with Crippen LogP contribution in [-0.4, -0.2) is 6.54 Å². The molecule has 6 N–H and O–H groups in total. The molecule has 0 heterocycles. The molecular weight excluding hydrogens is 322 g/mol. The Balaban J connectivity index is 0.000000286. The molecule has 2 aromatic carbocycles. The maximum absolute atomic E-state index is 8.17. The van der Waals surface area contributed by atoms with Crippen LogP contribution < -0.4 is 27.2 Å². The fraction of sp³-hybridized carbons (Fsp3) is 0.238. The zero-order valence-electron chi connectivity index (χ0n) is 14.9. The van der Waals surface area contributed by atoms with Crippen molar-refractivity contribution in [2.45, 2.75) is 26.2 Å². The lowest BCUT2D eigenvalue weighted by atomic mass is 9.86. The van der Waals surface area contributed by atoms with E-state index in [0.717, 1.165) is 17.7 Å². The van der Waals surface area contributed by atoms with Crippen molar-refractivity contribution >= 4 is 21.5 Å². The highest BCUT2D eigenvalue weighted by molar-refractivity contribution is 6.10. The molecule has 0 aromatic heterocycles. The minimum Gasteiger partial charge on any atom is -0.330 e. The second kappa shape index (κ2) is 7.14. The highest BCUT2D eigenvalue weighted by Gasteiger charge is 2.19. The van der Waals surface area contributed by atoms with Crippen molar-refractivity contribution in [3.63, 3.8) is 0 Å². The number of hydrogen-bond acceptors (Lipinski definition) is 5. The number of benzene rings is 4. The predicted octanol–water partition coefficient (Wildman–Crippen LogP) is 2.46. The molecule has 0 atom stereocenters. The Morgan fingerprint density at radius 1 is 0.654 bits per heavy atom. The van der Waals surface area contributed by atoms with Crippen molar-refractivity contribution < 1.29 is 0 Å². The molecule has 0 saturated carbocycles. The van der Waals surface area contributed by atoms with Gasteiger partial charge in [0.2, 0.25) is 0 Å². The van der Waals surface area contributed by atoms with Crippen LogP contribution in [0, 0.1) is 21.6 Å². The third-order valence-electron chi connectivity index (χ3n) is 4.76. The van der Waals surface area contributed by atoms with E-state index in [2.05, 4.69) is 6.92 Å². The Kier molecular flexibility index (Phi) is 4.91. The van der Waals surface area contributed by atoms with Crippen LogP contribution in [0.25, 0.3) is 32.7 Å². The standard InChI is InChI=1S/C16H10N4.C5H13N/c17-13-7-3-1-4-8-11(7)12-9(15(13)19)5-2-6-10(12)16(20)14(8)18;1-2-3-4-5-6/h1-6,17-20H;2-6H2,1H3. The van der Waals surface area contributed by atoms with Gasteiger partial charge in [0.25, 0.3) is 0 Å². The molecule has 2 aliphatic carbocycles. The van der Waals surface area contributed by atoms with Gasteiger partial charge in [-0.05, 0) is 13.0 Å². The molecule has 2 aliphatic rings. The van der Waals surface area contributed by atoms with Crippen molar-refractivity contribution in [1.29, 1.82) is 21.6 Å². The monoisotopic (exact) mass is 345 g/mol. The Bertz CT molecular complexity index is 1050. The van der Waals surface area contributed by atoms with E-state index in [4.69, 9.17) is 27.4 Å². The first-order chi connectivity index (χ1) is 12.5. The van der Waals surface area contributed by atoms with Gasteiger partial charge in [-0.1, -0.05) is 56.2 Å². The molecule has 132 valence electrons. The summed E-state index contributed by atoms with van der Waals surface area (Å²) >= 11 is 0. The van der Waals surface area contributed by atoms with Crippen molar-refractivity contribution in [1.82, 2.24) is 0 Å². The Labute approximate surface area is 151 Å². The number of hydrogen-bond donors (Lipinski definition) is 5. The summed E-state index contributed by atoms with van der Waals surface area (Å²) in [6, 6.07) is 10.8. The average Bonchev–Trinajstić information content (AvgIpc) is 2.68. The molecule has 0 saturated heterocycles. The molecule has 0 fully saturated rings. The number of unbranched alkanes of at least 4 members (excludes halogenated alkanes) is 2. The number of nitrogens with one attached hydrogen (secondary N) is 4. The first-order valence-electron chi connectivity index (χ1n) is 8.85. The quantitative estimate of drug-likeness (QED) is 0.284. The molecule has 0 bridgehead atoms. The smallest absolute Gasteiger partial charge is 0.0874 e. The summed E-state index contributed by atoms with van der Waals surface area (Å²) in [6.07, 6.45) is 3.75. The molecule has 0 radical (unpaired) electrons. The highest BCUT2D eigenvalue weighted by atomic mass is 14.5. The van der Waals surface area contributed by atoms with E-state index in [1.165, 1.54) is 19.3 Å². The summed E-state index contributed by atoms with van der Waals surface area (Å²) in [5.41, 5.74) is 6.88. The van der Waals surface area contributed by atoms with E-state index < -0.39 is 0 Å². The number of rotatable bonds is 3. The fourth-order valence-electron chi connectivity index (χ4n) is 3.41. The van der Waals surface area contributed by atoms with Crippen LogP contribution in [0.5, 0.6) is 0 Å². The summed E-state index contributed by atoms with van der Waals surface area (Å²) < 4.78 is 0. The van der Waals surface area contributed by atoms with Crippen LogP contribution >= 0.6 is 0 Å². The second-order valence-corrected chi connectivity index (χ2v) is 6.45. The van der Waals surface area contributed by atoms with E-state index >= 15 is 0 Å². The zero-order chi connectivity index (χ0) is 18.8. The van der Waals surface area contributed by atoms with Gasteiger partial charge in [-0.3, -0.25) is 21.6 Å². The molecule has 0 amide bonds. The van der Waals surface area contributed by atoms with Gasteiger partial charge >= 0.3 is 0 Å². The van der Waals surface area contributed by atoms with E-state index in [1.54, 1.807) is 12.1 Å². The molecule has 0 spiro atoms. The third kappa shape index (κ3) is 2.70. The van der Waals surface area contributed by atoms with Gasteiger partial charge in [-0.25, -0.2) is 0 Å². The van der Waals surface area contributed by atoms with E-state index in [-0.39, 0.29) is 21.4 Å². The third-order valence-corrected chi connectivity index (χ3v) is 4.76. The van der Waals surface area contributed by atoms with Crippen LogP contribution in [0.3, 0.4) is 0 Å². The average molecular weight is 345 g/mol. The van der Waals surface area contributed by atoms with Gasteiger partial charge in [-0.15, -0.1) is 0 Å². The molecule has 0 unspecified atom stereocenters. The first-order valence-corrected chi connectivity index (χ1v) is 8.85. The van der Waals surface area contributed by atoms with E-state index in [1.807, 2.05) is 24.3 Å². The minimum absolute atomic E-state index is 0.188. The zero-order valence-corrected chi connectivity index (χ0v) is 14.9. The highest BCUT2D eigenvalue weighted by Crippen LogP contribution is 2.33. The SMILES string of the molecule is CCCCCN.N=c1c(=N)c2cccc3c2-c2c1cccc2c(=N)c3=N. The summed E-state index contributed by atoms with van der Waals surface area (Å²) in [7, 11) is 0. The van der Waals surface area contributed by atoms with Crippen LogP contribution in [-0.2, 0) is 0 Å². The van der Waals surface area contributed by atoms with Crippen LogP contribution in [0.15, 0.2) is 36.4 Å². The molecule has 2 aromatic rings. The van der Waals surface area contributed by atoms with E-state index in [9.17, 15) is 0 Å². The second-order valence-electron chi connectivity index (χ2n) is 6.45. The Morgan fingerprint density at radius 2 is 1.00 bits per heavy atom. The summed E-state index contributed by atoms with van der Waals surface area (Å²) in [4.78, 5) is 0. The lowest BCUT2D eigenvalue weighted by molar-refractivity contribution is 0.727. The summed E-state index contributed by atoms with van der Waals surface area (Å²) in [5, 5.41) is 36.2. The summed E-state index contributed by atoms with van der Waals surface area (Å²) in [6.45, 7) is 3.03. The predicted molar refractivity (Wildman–Crippen MR) is 104 cm³/mol. The van der Waals surface area contributed by atoms with Gasteiger partial charge in [0.15, 0.2) is 0 Å². The topological polar surface area (TPSA) is 121 Å². The normalized spacial score (nSPS) is 11.2. The van der Waals surface area contributed by atoms with Gasteiger partial charge in [-0.2, -0.15) is 0 Å². The van der Waals surface area contributed by atoms with Crippen molar-refractivity contribution in [3.8, 4) is 11.1 Å². The Morgan fingerprint density at radius 3 is 1.23 bits per heavy atom. The van der Waals surface area contributed by atoms with Crippen molar-refractivity contribution in [3.05, 3.63) is 57.8 Å².